The number of nitro benzene ring substituents is 1. The summed E-state index contributed by atoms with van der Waals surface area (Å²) in [5, 5.41) is 10.3. The molecule has 4 heteroatoms. The Labute approximate surface area is 87.2 Å². The van der Waals surface area contributed by atoms with E-state index >= 15 is 0 Å². The van der Waals surface area contributed by atoms with Crippen LogP contribution in [0.4, 0.5) is 5.69 Å². The Hall–Kier alpha value is -1.35. The van der Waals surface area contributed by atoms with Gasteiger partial charge in [0.25, 0.3) is 5.69 Å². The maximum absolute atomic E-state index is 10.3. The van der Waals surface area contributed by atoms with E-state index in [-0.39, 0.29) is 5.69 Å². The van der Waals surface area contributed by atoms with E-state index in [0.29, 0.717) is 5.88 Å². The van der Waals surface area contributed by atoms with E-state index in [9.17, 15) is 10.1 Å². The topological polar surface area (TPSA) is 43.1 Å². The lowest BCUT2D eigenvalue weighted by atomic mass is 10.1. The quantitative estimate of drug-likeness (QED) is 0.333. The van der Waals surface area contributed by atoms with E-state index in [1.165, 1.54) is 12.1 Å². The maximum Gasteiger partial charge on any atom is 0.269 e. The van der Waals surface area contributed by atoms with Crippen molar-refractivity contribution in [2.45, 2.75) is 6.42 Å². The van der Waals surface area contributed by atoms with Crippen LogP contribution in [0.5, 0.6) is 0 Å². The summed E-state index contributed by atoms with van der Waals surface area (Å²) >= 11 is 5.46. The van der Waals surface area contributed by atoms with Gasteiger partial charge in [-0.25, -0.2) is 0 Å². The zero-order chi connectivity index (χ0) is 10.4. The summed E-state index contributed by atoms with van der Waals surface area (Å²) in [4.78, 5) is 9.94. The predicted molar refractivity (Wildman–Crippen MR) is 56.7 cm³/mol. The summed E-state index contributed by atoms with van der Waals surface area (Å²) in [5.41, 5.74) is 1.16. The fraction of sp³-hybridized carbons (Fsp3) is 0.200. The predicted octanol–water partition coefficient (Wildman–Crippen LogP) is 2.93. The van der Waals surface area contributed by atoms with Gasteiger partial charge in [-0.05, 0) is 12.0 Å². The number of nitro groups is 1. The molecule has 3 nitrogen and oxygen atoms in total. The molecule has 0 saturated carbocycles. The molecule has 0 heterocycles. The SMILES string of the molecule is O=[N+]([O-])c1ccc(C/C=C/CCl)cc1. The molecule has 1 rings (SSSR count). The number of non-ortho nitro benzene ring substituents is 1. The molecular formula is C10H10ClNO2. The third-order valence-electron chi connectivity index (χ3n) is 1.76. The summed E-state index contributed by atoms with van der Waals surface area (Å²) in [7, 11) is 0. The summed E-state index contributed by atoms with van der Waals surface area (Å²) in [5.74, 6) is 0.493. The molecule has 0 saturated heterocycles. The van der Waals surface area contributed by atoms with E-state index in [4.69, 9.17) is 11.6 Å². The molecule has 0 aromatic heterocycles. The molecule has 0 spiro atoms. The molecule has 0 N–H and O–H groups in total. The van der Waals surface area contributed by atoms with Gasteiger partial charge in [-0.2, -0.15) is 0 Å². The van der Waals surface area contributed by atoms with Gasteiger partial charge in [-0.15, -0.1) is 11.6 Å². The van der Waals surface area contributed by atoms with Crippen molar-refractivity contribution in [1.29, 1.82) is 0 Å². The molecule has 0 unspecified atom stereocenters. The minimum Gasteiger partial charge on any atom is -0.258 e. The van der Waals surface area contributed by atoms with Crippen molar-refractivity contribution in [3.63, 3.8) is 0 Å². The van der Waals surface area contributed by atoms with Crippen LogP contribution in [0.15, 0.2) is 36.4 Å². The molecule has 0 aliphatic rings. The summed E-state index contributed by atoms with van der Waals surface area (Å²) in [6.45, 7) is 0. The number of hydrogen-bond donors (Lipinski definition) is 0. The van der Waals surface area contributed by atoms with Crippen LogP contribution in [-0.4, -0.2) is 10.8 Å². The van der Waals surface area contributed by atoms with Crippen LogP contribution >= 0.6 is 11.6 Å². The van der Waals surface area contributed by atoms with Gasteiger partial charge in [0.05, 0.1) is 4.92 Å². The standard InChI is InChI=1S/C10H10ClNO2/c11-8-2-1-3-9-4-6-10(7-5-9)12(13)14/h1-2,4-7H,3,8H2/b2-1+. The number of allylic oxidation sites excluding steroid dienone is 2. The van der Waals surface area contributed by atoms with Crippen LogP contribution in [0.1, 0.15) is 5.56 Å². The summed E-state index contributed by atoms with van der Waals surface area (Å²) < 4.78 is 0. The zero-order valence-corrected chi connectivity index (χ0v) is 8.28. The average Bonchev–Trinajstić information content (AvgIpc) is 2.19. The molecular weight excluding hydrogens is 202 g/mol. The van der Waals surface area contributed by atoms with Gasteiger partial charge in [-0.1, -0.05) is 24.3 Å². The Kier molecular flexibility index (Phi) is 4.13. The Morgan fingerprint density at radius 3 is 2.43 bits per heavy atom. The van der Waals surface area contributed by atoms with Gasteiger partial charge in [0.15, 0.2) is 0 Å². The fourth-order valence-electron chi connectivity index (χ4n) is 1.04. The van der Waals surface area contributed by atoms with Crippen LogP contribution < -0.4 is 0 Å². The normalized spacial score (nSPS) is 10.6. The molecule has 0 amide bonds. The fourth-order valence-corrected chi connectivity index (χ4v) is 1.16. The molecule has 0 atom stereocenters. The molecule has 0 aliphatic carbocycles. The van der Waals surface area contributed by atoms with E-state index in [2.05, 4.69) is 0 Å². The van der Waals surface area contributed by atoms with Crippen molar-refractivity contribution < 1.29 is 4.92 Å². The Bertz CT molecular complexity index is 332. The number of hydrogen-bond acceptors (Lipinski definition) is 2. The number of halogens is 1. The largest absolute Gasteiger partial charge is 0.269 e. The van der Waals surface area contributed by atoms with E-state index in [1.54, 1.807) is 12.1 Å². The maximum atomic E-state index is 10.3. The van der Waals surface area contributed by atoms with E-state index in [0.717, 1.165) is 12.0 Å². The average molecular weight is 212 g/mol. The number of benzene rings is 1. The van der Waals surface area contributed by atoms with Crippen molar-refractivity contribution in [2.24, 2.45) is 0 Å². The number of alkyl halides is 1. The highest BCUT2D eigenvalue weighted by atomic mass is 35.5. The molecule has 0 radical (unpaired) electrons. The Balaban J connectivity index is 2.64. The van der Waals surface area contributed by atoms with Gasteiger partial charge < -0.3 is 0 Å². The highest BCUT2D eigenvalue weighted by Gasteiger charge is 2.02. The van der Waals surface area contributed by atoms with Crippen LogP contribution in [0.3, 0.4) is 0 Å². The number of nitrogens with zero attached hydrogens (tertiary/aromatic N) is 1. The second-order valence-corrected chi connectivity index (χ2v) is 3.06. The minimum absolute atomic E-state index is 0.120. The van der Waals surface area contributed by atoms with Crippen molar-refractivity contribution in [3.8, 4) is 0 Å². The lowest BCUT2D eigenvalue weighted by Crippen LogP contribution is -1.88. The second-order valence-electron chi connectivity index (χ2n) is 2.75. The summed E-state index contributed by atoms with van der Waals surface area (Å²) in [6, 6.07) is 6.50. The van der Waals surface area contributed by atoms with Gasteiger partial charge in [0.2, 0.25) is 0 Å². The van der Waals surface area contributed by atoms with Crippen LogP contribution in [0, 0.1) is 10.1 Å². The van der Waals surface area contributed by atoms with Crippen molar-refractivity contribution in [1.82, 2.24) is 0 Å². The van der Waals surface area contributed by atoms with Gasteiger partial charge in [0.1, 0.15) is 0 Å². The monoisotopic (exact) mass is 211 g/mol. The smallest absolute Gasteiger partial charge is 0.258 e. The van der Waals surface area contributed by atoms with Gasteiger partial charge in [0, 0.05) is 18.0 Å². The first-order valence-corrected chi connectivity index (χ1v) is 4.72. The Morgan fingerprint density at radius 2 is 1.93 bits per heavy atom. The van der Waals surface area contributed by atoms with Crippen molar-refractivity contribution >= 4 is 17.3 Å². The third-order valence-corrected chi connectivity index (χ3v) is 1.93. The molecule has 0 bridgehead atoms. The van der Waals surface area contributed by atoms with E-state index in [1.807, 2.05) is 12.2 Å². The first-order chi connectivity index (χ1) is 6.74. The first-order valence-electron chi connectivity index (χ1n) is 4.18. The molecule has 0 aliphatic heterocycles. The first kappa shape index (κ1) is 10.7. The molecule has 1 aromatic rings. The molecule has 0 fully saturated rings. The second kappa shape index (κ2) is 5.40. The molecule has 14 heavy (non-hydrogen) atoms. The van der Waals surface area contributed by atoms with E-state index < -0.39 is 4.92 Å². The molecule has 74 valence electrons. The van der Waals surface area contributed by atoms with Crippen LogP contribution in [-0.2, 0) is 6.42 Å². The number of rotatable bonds is 4. The minimum atomic E-state index is -0.404. The highest BCUT2D eigenvalue weighted by molar-refractivity contribution is 6.18. The highest BCUT2D eigenvalue weighted by Crippen LogP contribution is 2.12. The van der Waals surface area contributed by atoms with Gasteiger partial charge >= 0.3 is 0 Å². The van der Waals surface area contributed by atoms with Crippen LogP contribution in [0.2, 0.25) is 0 Å². The lowest BCUT2D eigenvalue weighted by Gasteiger charge is -1.95. The third kappa shape index (κ3) is 3.18. The van der Waals surface area contributed by atoms with Crippen molar-refractivity contribution in [2.75, 3.05) is 5.88 Å². The summed E-state index contributed by atoms with van der Waals surface area (Å²) in [6.07, 6.45) is 4.54. The van der Waals surface area contributed by atoms with Crippen LogP contribution in [0.25, 0.3) is 0 Å². The van der Waals surface area contributed by atoms with Gasteiger partial charge in [-0.3, -0.25) is 10.1 Å². The lowest BCUT2D eigenvalue weighted by molar-refractivity contribution is -0.384. The zero-order valence-electron chi connectivity index (χ0n) is 7.52. The molecule has 1 aromatic carbocycles. The Morgan fingerprint density at radius 1 is 1.29 bits per heavy atom. The van der Waals surface area contributed by atoms with Crippen molar-refractivity contribution in [3.05, 3.63) is 52.1 Å².